The van der Waals surface area contributed by atoms with E-state index in [0.29, 0.717) is 12.2 Å². The van der Waals surface area contributed by atoms with E-state index >= 15 is 0 Å². The molecule has 1 heterocycles. The van der Waals surface area contributed by atoms with E-state index in [4.69, 9.17) is 0 Å². The Morgan fingerprint density at radius 1 is 1.33 bits per heavy atom. The van der Waals surface area contributed by atoms with E-state index in [2.05, 4.69) is 10.0 Å². The number of hydrogen-bond donors (Lipinski definition) is 2. The quantitative estimate of drug-likeness (QED) is 0.627. The van der Waals surface area contributed by atoms with Crippen LogP contribution >= 0.6 is 11.3 Å². The van der Waals surface area contributed by atoms with E-state index in [1.807, 2.05) is 0 Å². The summed E-state index contributed by atoms with van der Waals surface area (Å²) >= 11 is 1.35. The second kappa shape index (κ2) is 6.10. The molecular formula is C12H13N3O4S2. The summed E-state index contributed by atoms with van der Waals surface area (Å²) in [6.45, 7) is 2.30. The van der Waals surface area contributed by atoms with Gasteiger partial charge in [0.15, 0.2) is 0 Å². The van der Waals surface area contributed by atoms with E-state index in [0.717, 1.165) is 6.07 Å². The van der Waals surface area contributed by atoms with Crippen molar-refractivity contribution in [2.45, 2.75) is 11.8 Å². The zero-order valence-electron chi connectivity index (χ0n) is 11.1. The molecule has 0 saturated heterocycles. The molecule has 1 aromatic heterocycles. The highest BCUT2D eigenvalue weighted by molar-refractivity contribution is 7.92. The van der Waals surface area contributed by atoms with Gasteiger partial charge in [-0.1, -0.05) is 0 Å². The molecule has 0 atom stereocenters. The lowest BCUT2D eigenvalue weighted by molar-refractivity contribution is -0.384. The molecule has 0 saturated carbocycles. The highest BCUT2D eigenvalue weighted by Crippen LogP contribution is 2.28. The number of anilines is 2. The fraction of sp³-hybridized carbons (Fsp3) is 0.167. The maximum Gasteiger partial charge on any atom is 0.293 e. The van der Waals surface area contributed by atoms with Crippen LogP contribution in [0.15, 0.2) is 39.9 Å². The molecule has 0 bridgehead atoms. The maximum absolute atomic E-state index is 12.2. The Morgan fingerprint density at radius 3 is 2.67 bits per heavy atom. The zero-order valence-corrected chi connectivity index (χ0v) is 12.7. The van der Waals surface area contributed by atoms with Gasteiger partial charge in [-0.3, -0.25) is 14.8 Å². The monoisotopic (exact) mass is 327 g/mol. The van der Waals surface area contributed by atoms with Crippen LogP contribution in [0.3, 0.4) is 0 Å². The Kier molecular flexibility index (Phi) is 4.43. The molecule has 1 aromatic carbocycles. The highest BCUT2D eigenvalue weighted by Gasteiger charge is 2.21. The van der Waals surface area contributed by atoms with E-state index in [-0.39, 0.29) is 16.3 Å². The topological polar surface area (TPSA) is 101 Å². The first-order valence-corrected chi connectivity index (χ1v) is 8.44. The van der Waals surface area contributed by atoms with E-state index in [1.54, 1.807) is 23.8 Å². The van der Waals surface area contributed by atoms with Crippen molar-refractivity contribution >= 4 is 38.4 Å². The van der Waals surface area contributed by atoms with Crippen molar-refractivity contribution in [1.82, 2.24) is 0 Å². The lowest BCUT2D eigenvalue weighted by Crippen LogP contribution is -2.13. The summed E-state index contributed by atoms with van der Waals surface area (Å²) in [7, 11) is -3.85. The van der Waals surface area contributed by atoms with Crippen LogP contribution in [0.1, 0.15) is 6.92 Å². The maximum atomic E-state index is 12.2. The minimum Gasteiger partial charge on any atom is -0.380 e. The first-order chi connectivity index (χ1) is 9.94. The van der Waals surface area contributed by atoms with E-state index in [1.165, 1.54) is 23.5 Å². The molecule has 9 heteroatoms. The summed E-state index contributed by atoms with van der Waals surface area (Å²) in [5.41, 5.74) is 0.445. The van der Waals surface area contributed by atoms with Gasteiger partial charge in [-0.15, -0.1) is 0 Å². The largest absolute Gasteiger partial charge is 0.380 e. The molecule has 0 spiro atoms. The fourth-order valence-corrected chi connectivity index (χ4v) is 3.44. The molecule has 112 valence electrons. The standard InChI is InChI=1S/C12H13N3O4S2/c1-2-13-11-4-3-10(7-12(11)15(16)17)21(18,19)14-9-5-6-20-8-9/h3-8,13-14H,2H2,1H3. The molecule has 2 N–H and O–H groups in total. The lowest BCUT2D eigenvalue weighted by atomic mass is 10.2. The zero-order chi connectivity index (χ0) is 15.5. The predicted octanol–water partition coefficient (Wildman–Crippen LogP) is 2.89. The molecule has 0 unspecified atom stereocenters. The van der Waals surface area contributed by atoms with Gasteiger partial charge in [0.2, 0.25) is 0 Å². The van der Waals surface area contributed by atoms with Gasteiger partial charge < -0.3 is 5.32 Å². The minimum absolute atomic E-state index is 0.151. The number of benzene rings is 1. The summed E-state index contributed by atoms with van der Waals surface area (Å²) in [6.07, 6.45) is 0. The van der Waals surface area contributed by atoms with Crippen LogP contribution in [0, 0.1) is 10.1 Å². The molecule has 21 heavy (non-hydrogen) atoms. The molecular weight excluding hydrogens is 314 g/mol. The third-order valence-corrected chi connectivity index (χ3v) is 4.68. The number of thiophene rings is 1. The number of rotatable bonds is 6. The molecule has 2 rings (SSSR count). The Balaban J connectivity index is 2.39. The van der Waals surface area contributed by atoms with Crippen LogP contribution in [0.25, 0.3) is 0 Å². The van der Waals surface area contributed by atoms with Crippen LogP contribution in [0.4, 0.5) is 17.1 Å². The Bertz CT molecular complexity index is 742. The van der Waals surface area contributed by atoms with Gasteiger partial charge in [-0.05, 0) is 30.5 Å². The molecule has 0 fully saturated rings. The second-order valence-corrected chi connectivity index (χ2v) is 6.55. The van der Waals surface area contributed by atoms with Crippen LogP contribution in [-0.2, 0) is 10.0 Å². The van der Waals surface area contributed by atoms with E-state index in [9.17, 15) is 18.5 Å². The van der Waals surface area contributed by atoms with Gasteiger partial charge in [0.25, 0.3) is 15.7 Å². The van der Waals surface area contributed by atoms with Crippen LogP contribution in [0.5, 0.6) is 0 Å². The second-order valence-electron chi connectivity index (χ2n) is 4.08. The predicted molar refractivity (Wildman–Crippen MR) is 82.4 cm³/mol. The van der Waals surface area contributed by atoms with Gasteiger partial charge in [0, 0.05) is 18.0 Å². The molecule has 0 amide bonds. The highest BCUT2D eigenvalue weighted by atomic mass is 32.2. The number of nitrogens with one attached hydrogen (secondary N) is 2. The Labute approximate surface area is 125 Å². The molecule has 0 aliphatic carbocycles. The minimum atomic E-state index is -3.85. The molecule has 7 nitrogen and oxygen atoms in total. The number of sulfonamides is 1. The fourth-order valence-electron chi connectivity index (χ4n) is 1.71. The average Bonchev–Trinajstić information content (AvgIpc) is 2.91. The van der Waals surface area contributed by atoms with Crippen molar-refractivity contribution in [3.05, 3.63) is 45.1 Å². The first-order valence-electron chi connectivity index (χ1n) is 6.01. The Hall–Kier alpha value is -2.13. The van der Waals surface area contributed by atoms with Crippen LogP contribution in [0.2, 0.25) is 0 Å². The summed E-state index contributed by atoms with van der Waals surface area (Å²) in [6, 6.07) is 5.39. The lowest BCUT2D eigenvalue weighted by Gasteiger charge is -2.09. The third-order valence-electron chi connectivity index (χ3n) is 2.62. The number of nitro benzene ring substituents is 1. The van der Waals surface area contributed by atoms with Crippen molar-refractivity contribution in [1.29, 1.82) is 0 Å². The van der Waals surface area contributed by atoms with Gasteiger partial charge in [0.05, 0.1) is 15.5 Å². The summed E-state index contributed by atoms with van der Waals surface area (Å²) < 4.78 is 26.8. The molecule has 0 aliphatic heterocycles. The van der Waals surface area contributed by atoms with Gasteiger partial charge >= 0.3 is 0 Å². The van der Waals surface area contributed by atoms with Crippen molar-refractivity contribution in [3.63, 3.8) is 0 Å². The summed E-state index contributed by atoms with van der Waals surface area (Å²) in [4.78, 5) is 10.3. The number of nitro groups is 1. The summed E-state index contributed by atoms with van der Waals surface area (Å²) in [5.74, 6) is 0. The van der Waals surface area contributed by atoms with Crippen LogP contribution in [-0.4, -0.2) is 19.9 Å². The van der Waals surface area contributed by atoms with Gasteiger partial charge in [-0.2, -0.15) is 11.3 Å². The van der Waals surface area contributed by atoms with Crippen molar-refractivity contribution < 1.29 is 13.3 Å². The first kappa shape index (κ1) is 15.3. The van der Waals surface area contributed by atoms with Crippen LogP contribution < -0.4 is 10.0 Å². The molecule has 0 radical (unpaired) electrons. The third kappa shape index (κ3) is 3.50. The number of hydrogen-bond acceptors (Lipinski definition) is 6. The Morgan fingerprint density at radius 2 is 2.10 bits per heavy atom. The average molecular weight is 327 g/mol. The molecule has 0 aliphatic rings. The smallest absolute Gasteiger partial charge is 0.293 e. The molecule has 2 aromatic rings. The van der Waals surface area contributed by atoms with Crippen molar-refractivity contribution in [2.24, 2.45) is 0 Å². The van der Waals surface area contributed by atoms with Gasteiger partial charge in [0.1, 0.15) is 5.69 Å². The summed E-state index contributed by atoms with van der Waals surface area (Å²) in [5, 5.41) is 17.2. The van der Waals surface area contributed by atoms with Crippen molar-refractivity contribution in [2.75, 3.05) is 16.6 Å². The van der Waals surface area contributed by atoms with Gasteiger partial charge in [-0.25, -0.2) is 8.42 Å². The SMILES string of the molecule is CCNc1ccc(S(=O)(=O)Nc2ccsc2)cc1[N+](=O)[O-]. The number of nitrogens with zero attached hydrogens (tertiary/aromatic N) is 1. The van der Waals surface area contributed by atoms with Crippen molar-refractivity contribution in [3.8, 4) is 0 Å². The van der Waals surface area contributed by atoms with E-state index < -0.39 is 14.9 Å². The normalized spacial score (nSPS) is 11.1.